The first kappa shape index (κ1) is 13.0. The van der Waals surface area contributed by atoms with Gasteiger partial charge < -0.3 is 5.32 Å². The van der Waals surface area contributed by atoms with Gasteiger partial charge in [0.15, 0.2) is 0 Å². The van der Waals surface area contributed by atoms with Crippen molar-refractivity contribution in [1.29, 1.82) is 0 Å². The largest absolute Gasteiger partial charge is 0.313 e. The van der Waals surface area contributed by atoms with Crippen molar-refractivity contribution in [1.82, 2.24) is 5.32 Å². The molecule has 2 heteroatoms. The van der Waals surface area contributed by atoms with Crippen LogP contribution in [-0.2, 0) is 0 Å². The van der Waals surface area contributed by atoms with Crippen LogP contribution in [0.15, 0.2) is 11.3 Å². The number of nitrogens with one attached hydrogen (secondary N) is 1. The zero-order valence-electron chi connectivity index (χ0n) is 10.9. The van der Waals surface area contributed by atoms with E-state index in [0.717, 1.165) is 12.5 Å². The van der Waals surface area contributed by atoms with Crippen LogP contribution in [0, 0.1) is 5.92 Å². The molecule has 0 aromatic heterocycles. The van der Waals surface area contributed by atoms with Crippen molar-refractivity contribution in [2.75, 3.05) is 13.1 Å². The molecule has 0 amide bonds. The second-order valence-corrected chi connectivity index (χ2v) is 10.5. The van der Waals surface area contributed by atoms with E-state index in [1.807, 2.05) is 0 Å². The van der Waals surface area contributed by atoms with Crippen molar-refractivity contribution in [2.45, 2.75) is 52.2 Å². The standard InChI is InChI=1S/C13H27NSi/c1-5-6-7-13-9-14-8-12(2)10-15(3,4)11-13/h10,13-14H,5-9,11H2,1-4H3/b12-10-. The molecular weight excluding hydrogens is 198 g/mol. The highest BCUT2D eigenvalue weighted by atomic mass is 28.3. The summed E-state index contributed by atoms with van der Waals surface area (Å²) >= 11 is 0. The van der Waals surface area contributed by atoms with E-state index in [-0.39, 0.29) is 0 Å². The summed E-state index contributed by atoms with van der Waals surface area (Å²) < 4.78 is 0. The van der Waals surface area contributed by atoms with Crippen LogP contribution < -0.4 is 5.32 Å². The zero-order valence-corrected chi connectivity index (χ0v) is 11.9. The van der Waals surface area contributed by atoms with E-state index >= 15 is 0 Å². The lowest BCUT2D eigenvalue weighted by atomic mass is 10.0. The highest BCUT2D eigenvalue weighted by Gasteiger charge is 2.24. The zero-order chi connectivity index (χ0) is 11.3. The van der Waals surface area contributed by atoms with Gasteiger partial charge in [-0.2, -0.15) is 0 Å². The van der Waals surface area contributed by atoms with Crippen molar-refractivity contribution in [3.8, 4) is 0 Å². The minimum Gasteiger partial charge on any atom is -0.313 e. The van der Waals surface area contributed by atoms with Crippen LogP contribution in [-0.4, -0.2) is 21.2 Å². The summed E-state index contributed by atoms with van der Waals surface area (Å²) in [4.78, 5) is 0. The molecule has 15 heavy (non-hydrogen) atoms. The van der Waals surface area contributed by atoms with Gasteiger partial charge in [0.05, 0.1) is 8.07 Å². The van der Waals surface area contributed by atoms with Crippen LogP contribution in [0.4, 0.5) is 0 Å². The number of hydrogen-bond donors (Lipinski definition) is 1. The van der Waals surface area contributed by atoms with E-state index in [1.54, 1.807) is 5.57 Å². The Balaban J connectivity index is 2.57. The number of hydrogen-bond acceptors (Lipinski definition) is 1. The van der Waals surface area contributed by atoms with Gasteiger partial charge in [-0.05, 0) is 25.8 Å². The van der Waals surface area contributed by atoms with E-state index in [0.29, 0.717) is 0 Å². The highest BCUT2D eigenvalue weighted by molar-refractivity contribution is 6.82. The monoisotopic (exact) mass is 225 g/mol. The SMILES string of the molecule is CCCCC1CNC/C(C)=C\[Si](C)(C)C1. The molecule has 0 aromatic carbocycles. The van der Waals surface area contributed by atoms with E-state index in [4.69, 9.17) is 0 Å². The minimum absolute atomic E-state index is 0.927. The maximum atomic E-state index is 3.59. The summed E-state index contributed by atoms with van der Waals surface area (Å²) in [6.45, 7) is 11.9. The van der Waals surface area contributed by atoms with Crippen LogP contribution in [0.3, 0.4) is 0 Å². The molecule has 0 radical (unpaired) electrons. The highest BCUT2D eigenvalue weighted by Crippen LogP contribution is 2.24. The van der Waals surface area contributed by atoms with Crippen LogP contribution in [0.25, 0.3) is 0 Å². The van der Waals surface area contributed by atoms with E-state index in [2.05, 4.69) is 38.0 Å². The first-order valence-electron chi connectivity index (χ1n) is 6.42. The third kappa shape index (κ3) is 4.98. The van der Waals surface area contributed by atoms with Gasteiger partial charge in [0.2, 0.25) is 0 Å². The van der Waals surface area contributed by atoms with Crippen molar-refractivity contribution in [3.05, 3.63) is 11.3 Å². The normalized spacial score (nSPS) is 30.1. The molecule has 1 rings (SSSR count). The Kier molecular flexibility index (Phi) is 5.07. The van der Waals surface area contributed by atoms with Crippen LogP contribution >= 0.6 is 0 Å². The molecule has 0 bridgehead atoms. The smallest absolute Gasteiger partial charge is 0.0720 e. The summed E-state index contributed by atoms with van der Waals surface area (Å²) in [5.74, 6) is 0.927. The van der Waals surface area contributed by atoms with Crippen molar-refractivity contribution in [3.63, 3.8) is 0 Å². The van der Waals surface area contributed by atoms with Gasteiger partial charge in [0, 0.05) is 6.54 Å². The van der Waals surface area contributed by atoms with Gasteiger partial charge in [-0.15, -0.1) is 0 Å². The summed E-state index contributed by atoms with van der Waals surface area (Å²) in [5.41, 5.74) is 4.15. The Morgan fingerprint density at radius 1 is 1.47 bits per heavy atom. The molecule has 0 aromatic rings. The van der Waals surface area contributed by atoms with Gasteiger partial charge in [0.25, 0.3) is 0 Å². The van der Waals surface area contributed by atoms with Gasteiger partial charge in [-0.25, -0.2) is 0 Å². The molecule has 1 atom stereocenters. The van der Waals surface area contributed by atoms with Gasteiger partial charge in [-0.1, -0.05) is 50.2 Å². The fraction of sp³-hybridized carbons (Fsp3) is 0.846. The predicted molar refractivity (Wildman–Crippen MR) is 71.9 cm³/mol. The van der Waals surface area contributed by atoms with Crippen molar-refractivity contribution >= 4 is 8.07 Å². The molecule has 0 saturated heterocycles. The van der Waals surface area contributed by atoms with Gasteiger partial charge in [0.1, 0.15) is 0 Å². The lowest BCUT2D eigenvalue weighted by molar-refractivity contribution is 0.466. The molecule has 0 spiro atoms. The number of rotatable bonds is 3. The average molecular weight is 225 g/mol. The average Bonchev–Trinajstić information content (AvgIpc) is 2.10. The third-order valence-corrected chi connectivity index (χ3v) is 6.16. The molecule has 1 nitrogen and oxygen atoms in total. The first-order chi connectivity index (χ1) is 7.03. The van der Waals surface area contributed by atoms with E-state index in [9.17, 15) is 0 Å². The quantitative estimate of drug-likeness (QED) is 0.724. The summed E-state index contributed by atoms with van der Waals surface area (Å²) in [6, 6.07) is 1.47. The predicted octanol–water partition coefficient (Wildman–Crippen LogP) is 3.59. The topological polar surface area (TPSA) is 12.0 Å². The molecule has 0 fully saturated rings. The molecule has 1 aliphatic rings. The fourth-order valence-electron chi connectivity index (χ4n) is 2.76. The van der Waals surface area contributed by atoms with E-state index < -0.39 is 8.07 Å². The summed E-state index contributed by atoms with van der Waals surface area (Å²) in [7, 11) is -1.05. The third-order valence-electron chi connectivity index (χ3n) is 3.25. The van der Waals surface area contributed by atoms with Crippen LogP contribution in [0.2, 0.25) is 19.1 Å². The minimum atomic E-state index is -1.05. The second kappa shape index (κ2) is 5.85. The Morgan fingerprint density at radius 2 is 2.20 bits per heavy atom. The Labute approximate surface area is 96.4 Å². The molecule has 88 valence electrons. The molecule has 0 saturated carbocycles. The lowest BCUT2D eigenvalue weighted by Crippen LogP contribution is -2.36. The maximum absolute atomic E-state index is 3.59. The van der Waals surface area contributed by atoms with Crippen molar-refractivity contribution in [2.24, 2.45) is 5.92 Å². The molecule has 1 N–H and O–H groups in total. The number of unbranched alkanes of at least 4 members (excludes halogenated alkanes) is 1. The van der Waals surface area contributed by atoms with Gasteiger partial charge >= 0.3 is 0 Å². The van der Waals surface area contributed by atoms with Crippen molar-refractivity contribution < 1.29 is 0 Å². The Hall–Kier alpha value is -0.0831. The molecule has 1 unspecified atom stereocenters. The first-order valence-corrected chi connectivity index (χ1v) is 9.71. The van der Waals surface area contributed by atoms with Crippen LogP contribution in [0.1, 0.15) is 33.1 Å². The Bertz CT molecular complexity index is 221. The van der Waals surface area contributed by atoms with E-state index in [1.165, 1.54) is 31.9 Å². The van der Waals surface area contributed by atoms with Gasteiger partial charge in [-0.3, -0.25) is 0 Å². The molecule has 1 heterocycles. The summed E-state index contributed by atoms with van der Waals surface area (Å²) in [5, 5.41) is 3.59. The maximum Gasteiger partial charge on any atom is 0.0720 e. The molecular formula is C13H27NSi. The summed E-state index contributed by atoms with van der Waals surface area (Å²) in [6.07, 6.45) is 4.17. The molecule has 0 aliphatic carbocycles. The van der Waals surface area contributed by atoms with Crippen LogP contribution in [0.5, 0.6) is 0 Å². The second-order valence-electron chi connectivity index (χ2n) is 5.82. The molecule has 1 aliphatic heterocycles. The fourth-order valence-corrected chi connectivity index (χ4v) is 6.15. The Morgan fingerprint density at radius 3 is 2.87 bits per heavy atom. The lowest BCUT2D eigenvalue weighted by Gasteiger charge is -2.29.